The van der Waals surface area contributed by atoms with Crippen molar-refractivity contribution in [2.75, 3.05) is 13.2 Å². The number of hydrogen-bond acceptors (Lipinski definition) is 2. The standard InChI is InChI=1S/C18H22O2/c1-17(13-19,15-9-5-3-6-10-15)18(2,14-20)16-11-7-4-8-12-16/h3-12,19-20H,13-14H2,1-2H3. The summed E-state index contributed by atoms with van der Waals surface area (Å²) in [4.78, 5) is 0. The first kappa shape index (κ1) is 14.8. The Labute approximate surface area is 120 Å². The van der Waals surface area contributed by atoms with Crippen LogP contribution in [0.3, 0.4) is 0 Å². The van der Waals surface area contributed by atoms with Gasteiger partial charge in [0.25, 0.3) is 0 Å². The molecule has 0 fully saturated rings. The van der Waals surface area contributed by atoms with Gasteiger partial charge < -0.3 is 10.2 Å². The van der Waals surface area contributed by atoms with Gasteiger partial charge in [0.05, 0.1) is 13.2 Å². The summed E-state index contributed by atoms with van der Waals surface area (Å²) in [6.45, 7) is 3.96. The molecule has 2 heteroatoms. The third-order valence-electron chi connectivity index (χ3n) is 4.67. The predicted octanol–water partition coefficient (Wildman–Crippen LogP) is 2.89. The van der Waals surface area contributed by atoms with Crippen molar-refractivity contribution < 1.29 is 10.2 Å². The lowest BCUT2D eigenvalue weighted by molar-refractivity contribution is 0.0796. The van der Waals surface area contributed by atoms with Crippen LogP contribution in [0.2, 0.25) is 0 Å². The van der Waals surface area contributed by atoms with Crippen LogP contribution < -0.4 is 0 Å². The molecule has 0 aliphatic heterocycles. The Morgan fingerprint density at radius 2 is 0.950 bits per heavy atom. The van der Waals surface area contributed by atoms with Crippen molar-refractivity contribution >= 4 is 0 Å². The second kappa shape index (κ2) is 5.78. The van der Waals surface area contributed by atoms with Crippen molar-refractivity contribution in [3.8, 4) is 0 Å². The minimum absolute atomic E-state index is 0.0248. The Bertz CT molecular complexity index is 486. The van der Waals surface area contributed by atoms with Crippen LogP contribution in [0.1, 0.15) is 25.0 Å². The molecule has 0 radical (unpaired) electrons. The number of aliphatic hydroxyl groups excluding tert-OH is 2. The van der Waals surface area contributed by atoms with Gasteiger partial charge in [0.1, 0.15) is 0 Å². The van der Waals surface area contributed by atoms with Gasteiger partial charge in [-0.1, -0.05) is 74.5 Å². The highest BCUT2D eigenvalue weighted by Crippen LogP contribution is 2.43. The van der Waals surface area contributed by atoms with Crippen LogP contribution in [-0.2, 0) is 10.8 Å². The fourth-order valence-electron chi connectivity index (χ4n) is 2.78. The highest BCUT2D eigenvalue weighted by Gasteiger charge is 2.46. The molecule has 0 saturated heterocycles. The molecule has 2 nitrogen and oxygen atoms in total. The van der Waals surface area contributed by atoms with E-state index in [-0.39, 0.29) is 13.2 Å². The van der Waals surface area contributed by atoms with Crippen molar-refractivity contribution in [2.45, 2.75) is 24.7 Å². The van der Waals surface area contributed by atoms with Crippen LogP contribution in [0.5, 0.6) is 0 Å². The first-order valence-corrected chi connectivity index (χ1v) is 6.91. The summed E-state index contributed by atoms with van der Waals surface area (Å²) in [5.41, 5.74) is 0.958. The molecule has 0 amide bonds. The third-order valence-corrected chi connectivity index (χ3v) is 4.67. The fourth-order valence-corrected chi connectivity index (χ4v) is 2.78. The van der Waals surface area contributed by atoms with Gasteiger partial charge in [-0.05, 0) is 11.1 Å². The Hall–Kier alpha value is -1.64. The largest absolute Gasteiger partial charge is 0.395 e. The van der Waals surface area contributed by atoms with E-state index in [2.05, 4.69) is 0 Å². The number of aliphatic hydroxyl groups is 2. The summed E-state index contributed by atoms with van der Waals surface area (Å²) < 4.78 is 0. The number of rotatable bonds is 5. The quantitative estimate of drug-likeness (QED) is 0.877. The monoisotopic (exact) mass is 270 g/mol. The third kappa shape index (κ3) is 2.26. The van der Waals surface area contributed by atoms with Gasteiger partial charge in [-0.25, -0.2) is 0 Å². The molecule has 0 heterocycles. The van der Waals surface area contributed by atoms with E-state index in [4.69, 9.17) is 0 Å². The van der Waals surface area contributed by atoms with E-state index < -0.39 is 10.8 Å². The van der Waals surface area contributed by atoms with Crippen LogP contribution in [0.15, 0.2) is 60.7 Å². The normalized spacial score (nSPS) is 17.2. The molecule has 2 rings (SSSR count). The van der Waals surface area contributed by atoms with E-state index >= 15 is 0 Å². The highest BCUT2D eigenvalue weighted by molar-refractivity contribution is 5.38. The highest BCUT2D eigenvalue weighted by atomic mass is 16.3. The Morgan fingerprint density at radius 3 is 1.20 bits per heavy atom. The van der Waals surface area contributed by atoms with Gasteiger partial charge in [0.15, 0.2) is 0 Å². The van der Waals surface area contributed by atoms with Crippen molar-refractivity contribution in [3.05, 3.63) is 71.8 Å². The van der Waals surface area contributed by atoms with Crippen molar-refractivity contribution in [1.82, 2.24) is 0 Å². The summed E-state index contributed by atoms with van der Waals surface area (Å²) in [6.07, 6.45) is 0. The minimum Gasteiger partial charge on any atom is -0.395 e. The molecule has 0 saturated carbocycles. The number of benzene rings is 2. The van der Waals surface area contributed by atoms with Gasteiger partial charge in [0, 0.05) is 10.8 Å². The molecule has 20 heavy (non-hydrogen) atoms. The molecule has 0 spiro atoms. The minimum atomic E-state index is -0.551. The maximum absolute atomic E-state index is 10.1. The van der Waals surface area contributed by atoms with E-state index in [1.165, 1.54) is 0 Å². The van der Waals surface area contributed by atoms with Gasteiger partial charge in [-0.2, -0.15) is 0 Å². The zero-order valence-electron chi connectivity index (χ0n) is 12.1. The van der Waals surface area contributed by atoms with E-state index in [1.807, 2.05) is 74.5 Å². The van der Waals surface area contributed by atoms with Crippen molar-refractivity contribution in [3.63, 3.8) is 0 Å². The van der Waals surface area contributed by atoms with Crippen LogP contribution in [0, 0.1) is 0 Å². The van der Waals surface area contributed by atoms with Crippen LogP contribution in [-0.4, -0.2) is 23.4 Å². The lowest BCUT2D eigenvalue weighted by atomic mass is 9.59. The van der Waals surface area contributed by atoms with Crippen LogP contribution in [0.4, 0.5) is 0 Å². The summed E-state index contributed by atoms with van der Waals surface area (Å²) in [7, 11) is 0. The lowest BCUT2D eigenvalue weighted by Gasteiger charge is -2.45. The molecule has 0 aliphatic rings. The van der Waals surface area contributed by atoms with E-state index in [0.717, 1.165) is 11.1 Å². The zero-order chi connectivity index (χ0) is 14.6. The summed E-state index contributed by atoms with van der Waals surface area (Å²) in [6, 6.07) is 19.8. The van der Waals surface area contributed by atoms with Gasteiger partial charge in [-0.3, -0.25) is 0 Å². The lowest BCUT2D eigenvalue weighted by Crippen LogP contribution is -2.50. The second-order valence-electron chi connectivity index (χ2n) is 5.71. The maximum atomic E-state index is 10.1. The molecular formula is C18H22O2. The average Bonchev–Trinajstić information content (AvgIpc) is 2.54. The Morgan fingerprint density at radius 1 is 0.650 bits per heavy atom. The molecule has 0 bridgehead atoms. The average molecular weight is 270 g/mol. The SMILES string of the molecule is CC(CO)(c1ccccc1)C(C)(CO)c1ccccc1. The summed E-state index contributed by atoms with van der Waals surface area (Å²) >= 11 is 0. The molecule has 2 aromatic carbocycles. The molecule has 0 aromatic heterocycles. The van der Waals surface area contributed by atoms with Crippen LogP contribution in [0.25, 0.3) is 0 Å². The van der Waals surface area contributed by atoms with Gasteiger partial charge in [0.2, 0.25) is 0 Å². The number of hydrogen-bond donors (Lipinski definition) is 2. The molecular weight excluding hydrogens is 248 g/mol. The van der Waals surface area contributed by atoms with E-state index in [0.29, 0.717) is 0 Å². The van der Waals surface area contributed by atoms with E-state index in [9.17, 15) is 10.2 Å². The second-order valence-corrected chi connectivity index (χ2v) is 5.71. The molecule has 2 unspecified atom stereocenters. The zero-order valence-corrected chi connectivity index (χ0v) is 12.1. The molecule has 106 valence electrons. The molecule has 2 N–H and O–H groups in total. The summed E-state index contributed by atoms with van der Waals surface area (Å²) in [5.74, 6) is 0. The maximum Gasteiger partial charge on any atom is 0.0534 e. The predicted molar refractivity (Wildman–Crippen MR) is 81.8 cm³/mol. The smallest absolute Gasteiger partial charge is 0.0534 e. The Kier molecular flexibility index (Phi) is 4.26. The fraction of sp³-hybridized carbons (Fsp3) is 0.333. The molecule has 2 atom stereocenters. The van der Waals surface area contributed by atoms with Crippen molar-refractivity contribution in [1.29, 1.82) is 0 Å². The first-order valence-electron chi connectivity index (χ1n) is 6.91. The van der Waals surface area contributed by atoms with Gasteiger partial charge >= 0.3 is 0 Å². The molecule has 0 aliphatic carbocycles. The molecule has 2 aromatic rings. The van der Waals surface area contributed by atoms with Crippen LogP contribution >= 0.6 is 0 Å². The summed E-state index contributed by atoms with van der Waals surface area (Å²) in [5, 5.41) is 20.1. The van der Waals surface area contributed by atoms with Crippen molar-refractivity contribution in [2.24, 2.45) is 0 Å². The van der Waals surface area contributed by atoms with Gasteiger partial charge in [-0.15, -0.1) is 0 Å². The van der Waals surface area contributed by atoms with E-state index in [1.54, 1.807) is 0 Å². The first-order chi connectivity index (χ1) is 9.58. The Balaban J connectivity index is 2.58. The topological polar surface area (TPSA) is 40.5 Å².